The van der Waals surface area contributed by atoms with Crippen molar-refractivity contribution in [3.05, 3.63) is 71.0 Å². The SMILES string of the molecule is OC(CCC(=S)N1CCc2ccccc2[C@@H]1c1ccc(F)cc1)C1(F)CCC1. The molecule has 1 N–H and O–H groups in total. The molecule has 2 aromatic rings. The Morgan fingerprint density at radius 1 is 1.18 bits per heavy atom. The highest BCUT2D eigenvalue weighted by molar-refractivity contribution is 7.80. The lowest BCUT2D eigenvalue weighted by molar-refractivity contribution is -0.0652. The molecule has 2 aromatic carbocycles. The monoisotopic (exact) mass is 401 g/mol. The van der Waals surface area contributed by atoms with Gasteiger partial charge in [0.15, 0.2) is 0 Å². The number of thiocarbonyl (C=S) groups is 1. The smallest absolute Gasteiger partial charge is 0.136 e. The molecule has 1 heterocycles. The van der Waals surface area contributed by atoms with Crippen molar-refractivity contribution in [2.45, 2.75) is 56.3 Å². The van der Waals surface area contributed by atoms with E-state index in [0.717, 1.165) is 29.9 Å². The highest BCUT2D eigenvalue weighted by Gasteiger charge is 2.43. The molecule has 4 rings (SSSR count). The van der Waals surface area contributed by atoms with Gasteiger partial charge in [-0.3, -0.25) is 0 Å². The number of rotatable bonds is 5. The van der Waals surface area contributed by atoms with Crippen LogP contribution in [0.25, 0.3) is 0 Å². The number of aliphatic hydroxyl groups excluding tert-OH is 1. The average Bonchev–Trinajstić information content (AvgIpc) is 2.69. The van der Waals surface area contributed by atoms with Crippen LogP contribution in [0.1, 0.15) is 54.8 Å². The third-order valence-corrected chi connectivity index (χ3v) is 6.64. The summed E-state index contributed by atoms with van der Waals surface area (Å²) < 4.78 is 27.9. The van der Waals surface area contributed by atoms with Gasteiger partial charge in [0.05, 0.1) is 17.1 Å². The van der Waals surface area contributed by atoms with Gasteiger partial charge in [-0.25, -0.2) is 8.78 Å². The largest absolute Gasteiger partial charge is 0.390 e. The van der Waals surface area contributed by atoms with Gasteiger partial charge in [-0.2, -0.15) is 0 Å². The summed E-state index contributed by atoms with van der Waals surface area (Å²) in [7, 11) is 0. The zero-order chi connectivity index (χ0) is 19.7. The number of halogens is 2. The highest BCUT2D eigenvalue weighted by atomic mass is 32.1. The van der Waals surface area contributed by atoms with Crippen LogP contribution < -0.4 is 0 Å². The highest BCUT2D eigenvalue weighted by Crippen LogP contribution is 2.41. The molecule has 1 unspecified atom stereocenters. The van der Waals surface area contributed by atoms with Gasteiger partial charge in [-0.1, -0.05) is 48.6 Å². The van der Waals surface area contributed by atoms with Crippen molar-refractivity contribution < 1.29 is 13.9 Å². The zero-order valence-corrected chi connectivity index (χ0v) is 16.6. The van der Waals surface area contributed by atoms with Gasteiger partial charge in [-0.05, 0) is 60.9 Å². The summed E-state index contributed by atoms with van der Waals surface area (Å²) in [4.78, 5) is 2.88. The fourth-order valence-corrected chi connectivity index (χ4v) is 4.66. The number of hydrogen-bond donors (Lipinski definition) is 1. The van der Waals surface area contributed by atoms with Crippen molar-refractivity contribution >= 4 is 17.2 Å². The maximum atomic E-state index is 14.4. The Bertz CT molecular complexity index is 850. The lowest BCUT2D eigenvalue weighted by Crippen LogP contribution is -2.45. The molecule has 0 amide bonds. The predicted molar refractivity (Wildman–Crippen MR) is 111 cm³/mol. The van der Waals surface area contributed by atoms with E-state index in [4.69, 9.17) is 12.2 Å². The summed E-state index contributed by atoms with van der Waals surface area (Å²) >= 11 is 5.72. The number of hydrogen-bond acceptors (Lipinski definition) is 2. The maximum absolute atomic E-state index is 14.4. The van der Waals surface area contributed by atoms with Gasteiger partial charge < -0.3 is 10.0 Å². The summed E-state index contributed by atoms with van der Waals surface area (Å²) in [6.45, 7) is 0.759. The number of aliphatic hydroxyl groups is 1. The predicted octanol–water partition coefficient (Wildman–Crippen LogP) is 5.13. The first-order chi connectivity index (χ1) is 13.5. The first-order valence-electron chi connectivity index (χ1n) is 9.98. The molecular formula is C23H25F2NOS. The molecule has 1 fully saturated rings. The molecule has 2 atom stereocenters. The van der Waals surface area contributed by atoms with Gasteiger partial charge >= 0.3 is 0 Å². The van der Waals surface area contributed by atoms with Crippen LogP contribution in [0.3, 0.4) is 0 Å². The third-order valence-electron chi connectivity index (χ3n) is 6.20. The van der Waals surface area contributed by atoms with Gasteiger partial charge in [-0.15, -0.1) is 0 Å². The van der Waals surface area contributed by atoms with Gasteiger partial charge in [0, 0.05) is 13.0 Å². The van der Waals surface area contributed by atoms with Crippen molar-refractivity contribution in [1.82, 2.24) is 4.90 Å². The van der Waals surface area contributed by atoms with Crippen molar-refractivity contribution in [1.29, 1.82) is 0 Å². The molecule has 2 aliphatic rings. The standard InChI is InChI=1S/C23H25F2NOS/c24-18-8-6-17(7-9-18)22-19-5-2-1-4-16(19)12-15-26(22)21(28)11-10-20(27)23(25)13-3-14-23/h1-2,4-9,20,22,27H,3,10-15H2/t20?,22-/m0/s1. The van der Waals surface area contributed by atoms with E-state index in [9.17, 15) is 13.9 Å². The van der Waals surface area contributed by atoms with E-state index < -0.39 is 11.8 Å². The van der Waals surface area contributed by atoms with E-state index in [-0.39, 0.29) is 11.9 Å². The van der Waals surface area contributed by atoms with Crippen LogP contribution in [0, 0.1) is 5.82 Å². The Kier molecular flexibility index (Phi) is 5.48. The first-order valence-corrected chi connectivity index (χ1v) is 10.4. The molecule has 0 saturated heterocycles. The number of fused-ring (bicyclic) bond motifs is 1. The van der Waals surface area contributed by atoms with Crippen LogP contribution in [0.2, 0.25) is 0 Å². The first kappa shape index (κ1) is 19.5. The summed E-state index contributed by atoms with van der Waals surface area (Å²) in [6, 6.07) is 14.7. The molecule has 5 heteroatoms. The number of benzene rings is 2. The molecule has 1 saturated carbocycles. The molecule has 1 aliphatic heterocycles. The fourth-order valence-electron chi connectivity index (χ4n) is 4.35. The van der Waals surface area contributed by atoms with Gasteiger partial charge in [0.2, 0.25) is 0 Å². The van der Waals surface area contributed by atoms with Crippen LogP contribution in [0.15, 0.2) is 48.5 Å². The summed E-state index contributed by atoms with van der Waals surface area (Å²) in [6.07, 6.45) is 2.45. The molecule has 2 nitrogen and oxygen atoms in total. The fraction of sp³-hybridized carbons (Fsp3) is 0.435. The molecular weight excluding hydrogens is 376 g/mol. The van der Waals surface area contributed by atoms with E-state index in [0.29, 0.717) is 25.7 Å². The Morgan fingerprint density at radius 2 is 1.89 bits per heavy atom. The molecule has 0 aromatic heterocycles. The number of nitrogens with zero attached hydrogens (tertiary/aromatic N) is 1. The topological polar surface area (TPSA) is 23.5 Å². The van der Waals surface area contributed by atoms with Crippen LogP contribution in [-0.2, 0) is 6.42 Å². The van der Waals surface area contributed by atoms with Crippen LogP contribution in [0.4, 0.5) is 8.78 Å². The van der Waals surface area contributed by atoms with Gasteiger partial charge in [0.25, 0.3) is 0 Å². The molecule has 148 valence electrons. The second-order valence-corrected chi connectivity index (χ2v) is 8.40. The quantitative estimate of drug-likeness (QED) is 0.703. The Balaban J connectivity index is 1.56. The lowest BCUT2D eigenvalue weighted by Gasteiger charge is -2.41. The molecule has 0 radical (unpaired) electrons. The van der Waals surface area contributed by atoms with Gasteiger partial charge in [0.1, 0.15) is 11.5 Å². The van der Waals surface area contributed by atoms with Crippen molar-refractivity contribution in [2.24, 2.45) is 0 Å². The van der Waals surface area contributed by atoms with Crippen LogP contribution in [0.5, 0.6) is 0 Å². The van der Waals surface area contributed by atoms with E-state index in [1.165, 1.54) is 23.3 Å². The Labute approximate surface area is 170 Å². The maximum Gasteiger partial charge on any atom is 0.136 e. The van der Waals surface area contributed by atoms with Crippen LogP contribution >= 0.6 is 12.2 Å². The minimum absolute atomic E-state index is 0.0850. The molecule has 1 aliphatic carbocycles. The second kappa shape index (κ2) is 7.88. The van der Waals surface area contributed by atoms with E-state index in [1.807, 2.05) is 12.1 Å². The van der Waals surface area contributed by atoms with Crippen LogP contribution in [-0.4, -0.2) is 33.3 Å². The average molecular weight is 402 g/mol. The van der Waals surface area contributed by atoms with E-state index in [1.54, 1.807) is 12.1 Å². The minimum atomic E-state index is -1.43. The summed E-state index contributed by atoms with van der Waals surface area (Å²) in [5, 5.41) is 10.3. The number of alkyl halides is 1. The Hall–Kier alpha value is -1.85. The third kappa shape index (κ3) is 3.70. The van der Waals surface area contributed by atoms with Crippen molar-refractivity contribution in [2.75, 3.05) is 6.54 Å². The molecule has 0 spiro atoms. The minimum Gasteiger partial charge on any atom is -0.390 e. The molecule has 0 bridgehead atoms. The zero-order valence-electron chi connectivity index (χ0n) is 15.8. The van der Waals surface area contributed by atoms with E-state index in [2.05, 4.69) is 17.0 Å². The van der Waals surface area contributed by atoms with E-state index >= 15 is 0 Å². The Morgan fingerprint density at radius 3 is 2.57 bits per heavy atom. The van der Waals surface area contributed by atoms with Crippen molar-refractivity contribution in [3.63, 3.8) is 0 Å². The summed E-state index contributed by atoms with van der Waals surface area (Å²) in [5.41, 5.74) is 2.00. The normalized spacial score (nSPS) is 21.5. The van der Waals surface area contributed by atoms with Crippen molar-refractivity contribution in [3.8, 4) is 0 Å². The summed E-state index contributed by atoms with van der Waals surface area (Å²) in [5.74, 6) is -0.265. The second-order valence-electron chi connectivity index (χ2n) is 7.93. The lowest BCUT2D eigenvalue weighted by atomic mass is 9.76. The molecule has 28 heavy (non-hydrogen) atoms.